The van der Waals surface area contributed by atoms with Crippen LogP contribution in [-0.4, -0.2) is 46.6 Å². The Balaban J connectivity index is 2.38. The molecule has 1 unspecified atom stereocenters. The largest absolute Gasteiger partial charge is 0.383 e. The molecule has 0 aromatic carbocycles. The van der Waals surface area contributed by atoms with E-state index in [2.05, 4.69) is 6.26 Å². The fourth-order valence-corrected chi connectivity index (χ4v) is 2.75. The first-order chi connectivity index (χ1) is 7.54. The maximum Gasteiger partial charge on any atom is 0.251 e. The highest BCUT2D eigenvalue weighted by Gasteiger charge is 2.26. The maximum atomic E-state index is 11.9. The molecule has 1 rings (SSSR count). The third-order valence-corrected chi connectivity index (χ3v) is 4.20. The van der Waals surface area contributed by atoms with E-state index >= 15 is 0 Å². The third kappa shape index (κ3) is 3.98. The molecule has 1 amide bonds. The van der Waals surface area contributed by atoms with E-state index in [1.165, 1.54) is 0 Å². The highest BCUT2D eigenvalue weighted by atomic mass is 32.2. The topological polar surface area (TPSA) is 40.5 Å². The second-order valence-corrected chi connectivity index (χ2v) is 6.04. The number of piperidine rings is 1. The highest BCUT2D eigenvalue weighted by Crippen LogP contribution is 2.21. The van der Waals surface area contributed by atoms with Gasteiger partial charge in [-0.05, 0) is 31.4 Å². The Kier molecular flexibility index (Phi) is 5.62. The minimum atomic E-state index is -0.800. The van der Waals surface area contributed by atoms with Crippen molar-refractivity contribution >= 4 is 17.7 Å². The zero-order valence-corrected chi connectivity index (χ0v) is 11.3. The molecule has 4 heteroatoms. The van der Waals surface area contributed by atoms with Crippen LogP contribution in [0.3, 0.4) is 0 Å². The molecule has 0 radical (unpaired) electrons. The van der Waals surface area contributed by atoms with Crippen LogP contribution in [0.15, 0.2) is 0 Å². The van der Waals surface area contributed by atoms with E-state index in [0.29, 0.717) is 17.6 Å². The fraction of sp³-hybridized carbons (Fsp3) is 0.917. The Morgan fingerprint density at radius 1 is 1.44 bits per heavy atom. The second kappa shape index (κ2) is 6.50. The van der Waals surface area contributed by atoms with Gasteiger partial charge in [-0.1, -0.05) is 13.8 Å². The summed E-state index contributed by atoms with van der Waals surface area (Å²) in [6.45, 7) is 5.66. The van der Waals surface area contributed by atoms with Crippen molar-refractivity contribution < 1.29 is 9.90 Å². The molecule has 1 N–H and O–H groups in total. The van der Waals surface area contributed by atoms with E-state index < -0.39 is 6.10 Å². The number of rotatable bonds is 4. The predicted octanol–water partition coefficient (Wildman–Crippen LogP) is 1.75. The summed E-state index contributed by atoms with van der Waals surface area (Å²) in [6, 6.07) is 0. The van der Waals surface area contributed by atoms with Gasteiger partial charge in [0.05, 0.1) is 0 Å². The molecule has 1 heterocycles. The predicted molar refractivity (Wildman–Crippen MR) is 68.6 cm³/mol. The average molecular weight is 245 g/mol. The van der Waals surface area contributed by atoms with E-state index in [4.69, 9.17) is 0 Å². The molecule has 94 valence electrons. The summed E-state index contributed by atoms with van der Waals surface area (Å²) in [5.41, 5.74) is 0. The van der Waals surface area contributed by atoms with Crippen molar-refractivity contribution in [3.05, 3.63) is 0 Å². The van der Waals surface area contributed by atoms with Crippen LogP contribution in [0.5, 0.6) is 0 Å². The number of thioether (sulfide) groups is 1. The Morgan fingerprint density at radius 2 is 2.00 bits per heavy atom. The molecule has 0 aromatic heterocycles. The summed E-state index contributed by atoms with van der Waals surface area (Å²) < 4.78 is 0. The van der Waals surface area contributed by atoms with Gasteiger partial charge in [0.15, 0.2) is 0 Å². The van der Waals surface area contributed by atoms with Gasteiger partial charge in [-0.25, -0.2) is 0 Å². The number of likely N-dealkylation sites (tertiary alicyclic amines) is 1. The number of carbonyl (C=O) groups is 1. The molecular weight excluding hydrogens is 222 g/mol. The molecule has 16 heavy (non-hydrogen) atoms. The molecule has 3 nitrogen and oxygen atoms in total. The lowest BCUT2D eigenvalue weighted by molar-refractivity contribution is -0.141. The van der Waals surface area contributed by atoms with Crippen molar-refractivity contribution in [3.63, 3.8) is 0 Å². The Bertz CT molecular complexity index is 225. The molecule has 0 aromatic rings. The van der Waals surface area contributed by atoms with Crippen LogP contribution >= 0.6 is 11.8 Å². The Hall–Kier alpha value is -0.220. The first kappa shape index (κ1) is 13.8. The third-order valence-electron chi connectivity index (χ3n) is 3.07. The maximum absolute atomic E-state index is 11.9. The lowest BCUT2D eigenvalue weighted by Crippen LogP contribution is -2.44. The molecule has 1 aliphatic rings. The van der Waals surface area contributed by atoms with Gasteiger partial charge in [-0.15, -0.1) is 0 Å². The normalized spacial score (nSPS) is 20.2. The lowest BCUT2D eigenvalue weighted by atomic mass is 10.0. The molecule has 1 aliphatic heterocycles. The number of hydrogen-bond acceptors (Lipinski definition) is 3. The summed E-state index contributed by atoms with van der Waals surface area (Å²) in [7, 11) is 0. The molecule has 0 aliphatic carbocycles. The number of aliphatic hydroxyl groups excluding tert-OH is 1. The number of hydrogen-bond donors (Lipinski definition) is 1. The highest BCUT2D eigenvalue weighted by molar-refractivity contribution is 7.99. The van der Waals surface area contributed by atoms with Gasteiger partial charge in [-0.3, -0.25) is 4.79 Å². The quantitative estimate of drug-likeness (QED) is 0.820. The van der Waals surface area contributed by atoms with Crippen molar-refractivity contribution in [2.45, 2.75) is 44.5 Å². The second-order valence-electron chi connectivity index (χ2n) is 4.91. The molecule has 1 atom stereocenters. The van der Waals surface area contributed by atoms with E-state index in [-0.39, 0.29) is 5.91 Å². The van der Waals surface area contributed by atoms with Gasteiger partial charge >= 0.3 is 0 Å². The van der Waals surface area contributed by atoms with E-state index in [9.17, 15) is 9.90 Å². The summed E-state index contributed by atoms with van der Waals surface area (Å²) in [5, 5.41) is 10.5. The van der Waals surface area contributed by atoms with Gasteiger partial charge in [-0.2, -0.15) is 11.8 Å². The van der Waals surface area contributed by atoms with Crippen LogP contribution in [0.1, 0.15) is 33.1 Å². The zero-order chi connectivity index (χ0) is 12.1. The molecule has 0 bridgehead atoms. The van der Waals surface area contributed by atoms with Crippen LogP contribution in [0.2, 0.25) is 0 Å². The number of aliphatic hydroxyl groups is 1. The summed E-state index contributed by atoms with van der Waals surface area (Å²) in [6.07, 6.45) is 4.01. The van der Waals surface area contributed by atoms with Gasteiger partial charge in [0.1, 0.15) is 6.10 Å². The molecule has 0 saturated carbocycles. The lowest BCUT2D eigenvalue weighted by Gasteiger charge is -2.32. The van der Waals surface area contributed by atoms with Crippen molar-refractivity contribution in [1.82, 2.24) is 4.90 Å². The van der Waals surface area contributed by atoms with Gasteiger partial charge < -0.3 is 10.0 Å². The van der Waals surface area contributed by atoms with Crippen LogP contribution in [0.25, 0.3) is 0 Å². The Labute approximate surface area is 103 Å². The monoisotopic (exact) mass is 245 g/mol. The van der Waals surface area contributed by atoms with Gasteiger partial charge in [0, 0.05) is 18.3 Å². The van der Waals surface area contributed by atoms with Gasteiger partial charge in [0.25, 0.3) is 5.91 Å². The molecule has 0 spiro atoms. The minimum Gasteiger partial charge on any atom is -0.383 e. The zero-order valence-electron chi connectivity index (χ0n) is 10.5. The standard InChI is InChI=1S/C12H23NO2S/c1-9(2)8-11(14)12(15)13-6-4-10(16-3)5-7-13/h9-11,14H,4-8H2,1-3H3. The summed E-state index contributed by atoms with van der Waals surface area (Å²) in [5.74, 6) is 0.288. The van der Waals surface area contributed by atoms with E-state index in [1.807, 2.05) is 30.5 Å². The van der Waals surface area contributed by atoms with Crippen LogP contribution in [0.4, 0.5) is 0 Å². The first-order valence-corrected chi connectivity index (χ1v) is 7.33. The van der Waals surface area contributed by atoms with Crippen LogP contribution in [0, 0.1) is 5.92 Å². The van der Waals surface area contributed by atoms with Crippen molar-refractivity contribution in [2.24, 2.45) is 5.92 Å². The minimum absolute atomic E-state index is 0.0757. The number of amides is 1. The average Bonchev–Trinajstić information content (AvgIpc) is 2.27. The SMILES string of the molecule is CSC1CCN(C(=O)C(O)CC(C)C)CC1. The number of carbonyl (C=O) groups excluding carboxylic acids is 1. The molecule has 1 fully saturated rings. The fourth-order valence-electron chi connectivity index (χ4n) is 2.07. The van der Waals surface area contributed by atoms with Crippen molar-refractivity contribution in [3.8, 4) is 0 Å². The van der Waals surface area contributed by atoms with Crippen molar-refractivity contribution in [2.75, 3.05) is 19.3 Å². The molecular formula is C12H23NO2S. The van der Waals surface area contributed by atoms with E-state index in [1.54, 1.807) is 0 Å². The van der Waals surface area contributed by atoms with Crippen LogP contribution in [-0.2, 0) is 4.79 Å². The smallest absolute Gasteiger partial charge is 0.251 e. The van der Waals surface area contributed by atoms with E-state index in [0.717, 1.165) is 25.9 Å². The summed E-state index contributed by atoms with van der Waals surface area (Å²) >= 11 is 1.88. The van der Waals surface area contributed by atoms with Crippen LogP contribution < -0.4 is 0 Å². The number of nitrogens with zero attached hydrogens (tertiary/aromatic N) is 1. The summed E-state index contributed by atoms with van der Waals surface area (Å²) in [4.78, 5) is 13.7. The Morgan fingerprint density at radius 3 is 2.44 bits per heavy atom. The first-order valence-electron chi connectivity index (χ1n) is 6.04. The molecule has 1 saturated heterocycles. The van der Waals surface area contributed by atoms with Gasteiger partial charge in [0.2, 0.25) is 0 Å². The van der Waals surface area contributed by atoms with Crippen molar-refractivity contribution in [1.29, 1.82) is 0 Å².